The van der Waals surface area contributed by atoms with Gasteiger partial charge in [0.05, 0.1) is 7.11 Å². The van der Waals surface area contributed by atoms with Gasteiger partial charge in [-0.2, -0.15) is 11.3 Å². The van der Waals surface area contributed by atoms with E-state index in [0.717, 1.165) is 0 Å². The number of thiophene rings is 1. The third-order valence-electron chi connectivity index (χ3n) is 2.18. The first-order valence-corrected chi connectivity index (χ1v) is 5.90. The quantitative estimate of drug-likeness (QED) is 0.551. The molecular weight excluding hydrogens is 238 g/mol. The number of nitrogens with zero attached hydrogens (tertiary/aromatic N) is 2. The van der Waals surface area contributed by atoms with Crippen molar-refractivity contribution in [2.45, 2.75) is 6.54 Å². The molecule has 6 nitrogen and oxygen atoms in total. The lowest BCUT2D eigenvalue weighted by molar-refractivity contribution is 0.414. The molecule has 2 aromatic rings. The number of aromatic nitrogens is 2. The first-order chi connectivity index (χ1) is 8.35. The van der Waals surface area contributed by atoms with Gasteiger partial charge in [0.25, 0.3) is 0 Å². The second kappa shape index (κ2) is 5.46. The minimum atomic E-state index is 0.454. The van der Waals surface area contributed by atoms with Gasteiger partial charge >= 0.3 is 0 Å². The molecule has 17 heavy (non-hydrogen) atoms. The van der Waals surface area contributed by atoms with Crippen molar-refractivity contribution < 1.29 is 4.74 Å². The van der Waals surface area contributed by atoms with Crippen LogP contribution in [0.4, 0.5) is 11.6 Å². The van der Waals surface area contributed by atoms with Crippen LogP contribution in [0.15, 0.2) is 23.2 Å². The highest BCUT2D eigenvalue weighted by molar-refractivity contribution is 7.07. The summed E-state index contributed by atoms with van der Waals surface area (Å²) in [7, 11) is 1.55. The first-order valence-electron chi connectivity index (χ1n) is 4.95. The van der Waals surface area contributed by atoms with Crippen LogP contribution in [0.5, 0.6) is 5.75 Å². The van der Waals surface area contributed by atoms with Crippen molar-refractivity contribution in [1.82, 2.24) is 9.97 Å². The molecule has 90 valence electrons. The fourth-order valence-electron chi connectivity index (χ4n) is 1.37. The summed E-state index contributed by atoms with van der Waals surface area (Å²) in [6.45, 7) is 0.681. The van der Waals surface area contributed by atoms with Crippen molar-refractivity contribution in [3.63, 3.8) is 0 Å². The van der Waals surface area contributed by atoms with Crippen LogP contribution in [0.25, 0.3) is 0 Å². The third kappa shape index (κ3) is 2.63. The van der Waals surface area contributed by atoms with Gasteiger partial charge in [0.2, 0.25) is 5.75 Å². The average Bonchev–Trinajstić information content (AvgIpc) is 2.88. The van der Waals surface area contributed by atoms with Crippen molar-refractivity contribution >= 4 is 23.0 Å². The van der Waals surface area contributed by atoms with Crippen LogP contribution in [0.3, 0.4) is 0 Å². The highest BCUT2D eigenvalue weighted by Crippen LogP contribution is 2.28. The zero-order valence-corrected chi connectivity index (χ0v) is 10.1. The van der Waals surface area contributed by atoms with Gasteiger partial charge in [0.1, 0.15) is 6.33 Å². The molecule has 0 unspecified atom stereocenters. The summed E-state index contributed by atoms with van der Waals surface area (Å²) in [6.07, 6.45) is 1.42. The van der Waals surface area contributed by atoms with Gasteiger partial charge in [0, 0.05) is 6.54 Å². The van der Waals surface area contributed by atoms with Gasteiger partial charge < -0.3 is 15.5 Å². The summed E-state index contributed by atoms with van der Waals surface area (Å²) < 4.78 is 5.21. The van der Waals surface area contributed by atoms with E-state index in [1.807, 2.05) is 11.4 Å². The summed E-state index contributed by atoms with van der Waals surface area (Å²) in [5, 5.41) is 7.28. The second-order valence-corrected chi connectivity index (χ2v) is 4.01. The zero-order valence-electron chi connectivity index (χ0n) is 9.30. The maximum Gasteiger partial charge on any atom is 0.205 e. The fourth-order valence-corrected chi connectivity index (χ4v) is 2.04. The van der Waals surface area contributed by atoms with Crippen molar-refractivity contribution in [2.75, 3.05) is 17.9 Å². The lowest BCUT2D eigenvalue weighted by Crippen LogP contribution is -2.12. The molecule has 0 aromatic carbocycles. The number of hydrazine groups is 1. The average molecular weight is 251 g/mol. The molecule has 0 spiro atoms. The largest absolute Gasteiger partial charge is 0.490 e. The Hall–Kier alpha value is -1.86. The van der Waals surface area contributed by atoms with Gasteiger partial charge in [-0.25, -0.2) is 15.8 Å². The smallest absolute Gasteiger partial charge is 0.205 e. The molecular formula is C10H13N5OS. The van der Waals surface area contributed by atoms with Crippen LogP contribution in [-0.2, 0) is 6.54 Å². The molecule has 0 aliphatic rings. The first kappa shape index (κ1) is 11.6. The van der Waals surface area contributed by atoms with Gasteiger partial charge in [-0.15, -0.1) is 0 Å². The van der Waals surface area contributed by atoms with E-state index in [1.165, 1.54) is 11.9 Å². The molecule has 0 amide bonds. The number of anilines is 2. The summed E-state index contributed by atoms with van der Waals surface area (Å²) >= 11 is 1.66. The normalized spacial score (nSPS) is 10.0. The Bertz CT molecular complexity index is 474. The van der Waals surface area contributed by atoms with E-state index >= 15 is 0 Å². The lowest BCUT2D eigenvalue weighted by atomic mass is 10.3. The van der Waals surface area contributed by atoms with Crippen LogP contribution < -0.4 is 21.3 Å². The van der Waals surface area contributed by atoms with E-state index in [2.05, 4.69) is 26.1 Å². The number of rotatable bonds is 5. The van der Waals surface area contributed by atoms with Gasteiger partial charge in [-0.3, -0.25) is 0 Å². The van der Waals surface area contributed by atoms with Crippen molar-refractivity contribution in [3.8, 4) is 5.75 Å². The molecule has 0 bridgehead atoms. The molecule has 0 aliphatic carbocycles. The number of nitrogen functional groups attached to an aromatic ring is 1. The summed E-state index contributed by atoms with van der Waals surface area (Å²) in [6, 6.07) is 2.05. The fraction of sp³-hybridized carbons (Fsp3) is 0.200. The van der Waals surface area contributed by atoms with E-state index < -0.39 is 0 Å². The number of nitrogens with two attached hydrogens (primary N) is 1. The zero-order chi connectivity index (χ0) is 12.1. The Kier molecular flexibility index (Phi) is 3.73. The van der Waals surface area contributed by atoms with Gasteiger partial charge in [-0.1, -0.05) is 0 Å². The van der Waals surface area contributed by atoms with E-state index in [4.69, 9.17) is 10.6 Å². The van der Waals surface area contributed by atoms with E-state index in [1.54, 1.807) is 18.4 Å². The Morgan fingerprint density at radius 3 is 2.88 bits per heavy atom. The molecule has 0 atom stereocenters. The Labute approximate surface area is 103 Å². The molecule has 2 heterocycles. The number of methoxy groups -OCH3 is 1. The second-order valence-electron chi connectivity index (χ2n) is 3.23. The predicted molar refractivity (Wildman–Crippen MR) is 68.0 cm³/mol. The van der Waals surface area contributed by atoms with Crippen LogP contribution in [0.2, 0.25) is 0 Å². The van der Waals surface area contributed by atoms with Crippen molar-refractivity contribution in [1.29, 1.82) is 0 Å². The van der Waals surface area contributed by atoms with Gasteiger partial charge in [0.15, 0.2) is 11.6 Å². The van der Waals surface area contributed by atoms with Crippen LogP contribution in [0.1, 0.15) is 5.56 Å². The van der Waals surface area contributed by atoms with Crippen LogP contribution >= 0.6 is 11.3 Å². The summed E-state index contributed by atoms with van der Waals surface area (Å²) in [4.78, 5) is 8.08. The molecule has 2 rings (SSSR count). The minimum absolute atomic E-state index is 0.454. The number of hydrogen-bond donors (Lipinski definition) is 3. The molecule has 0 aliphatic heterocycles. The lowest BCUT2D eigenvalue weighted by Gasteiger charge is -2.11. The molecule has 0 radical (unpaired) electrons. The topological polar surface area (TPSA) is 85.1 Å². The number of hydrogen-bond acceptors (Lipinski definition) is 7. The Balaban J connectivity index is 2.14. The van der Waals surface area contributed by atoms with E-state index in [-0.39, 0.29) is 0 Å². The number of ether oxygens (including phenoxy) is 1. The standard InChI is InChI=1S/C10H13N5OS/c1-16-8-9(13-6-14-10(8)15-11)12-4-7-2-3-17-5-7/h2-3,5-6H,4,11H2,1H3,(H2,12,13,14,15). The summed E-state index contributed by atoms with van der Waals surface area (Å²) in [5.41, 5.74) is 3.66. The minimum Gasteiger partial charge on any atom is -0.490 e. The molecule has 0 saturated heterocycles. The highest BCUT2D eigenvalue weighted by atomic mass is 32.1. The maximum absolute atomic E-state index is 5.34. The SMILES string of the molecule is COc1c(NN)ncnc1NCc1ccsc1. The maximum atomic E-state index is 5.34. The Morgan fingerprint density at radius 1 is 1.41 bits per heavy atom. The highest BCUT2D eigenvalue weighted by Gasteiger charge is 2.10. The van der Waals surface area contributed by atoms with Crippen LogP contribution in [0, 0.1) is 0 Å². The van der Waals surface area contributed by atoms with Gasteiger partial charge in [-0.05, 0) is 22.4 Å². The molecule has 2 aromatic heterocycles. The Morgan fingerprint density at radius 2 is 2.24 bits per heavy atom. The number of nitrogens with one attached hydrogen (secondary N) is 2. The van der Waals surface area contributed by atoms with E-state index in [9.17, 15) is 0 Å². The molecule has 0 saturated carbocycles. The summed E-state index contributed by atoms with van der Waals surface area (Å²) in [5.74, 6) is 6.91. The predicted octanol–water partition coefficient (Wildman–Crippen LogP) is 1.44. The van der Waals surface area contributed by atoms with Crippen molar-refractivity contribution in [3.05, 3.63) is 28.7 Å². The van der Waals surface area contributed by atoms with E-state index in [0.29, 0.717) is 23.9 Å². The monoisotopic (exact) mass is 251 g/mol. The molecule has 0 fully saturated rings. The van der Waals surface area contributed by atoms with Crippen molar-refractivity contribution in [2.24, 2.45) is 5.84 Å². The molecule has 4 N–H and O–H groups in total. The molecule has 7 heteroatoms. The third-order valence-corrected chi connectivity index (χ3v) is 2.92. The van der Waals surface area contributed by atoms with Crippen LogP contribution in [-0.4, -0.2) is 17.1 Å².